The Bertz CT molecular complexity index is 797. The number of esters is 1. The maximum absolute atomic E-state index is 12.2. The molecular formula is C19H19N3O4. The van der Waals surface area contributed by atoms with E-state index in [9.17, 15) is 9.59 Å². The number of hydrogen-bond donors (Lipinski definition) is 3. The molecule has 2 aromatic rings. The highest BCUT2D eigenvalue weighted by molar-refractivity contribution is 5.98. The average Bonchev–Trinajstić information content (AvgIpc) is 2.66. The summed E-state index contributed by atoms with van der Waals surface area (Å²) in [6, 6.07) is 15.6. The van der Waals surface area contributed by atoms with Crippen molar-refractivity contribution in [3.05, 3.63) is 59.7 Å². The van der Waals surface area contributed by atoms with E-state index >= 15 is 0 Å². The number of rotatable bonds is 8. The second-order valence-electron chi connectivity index (χ2n) is 5.35. The lowest BCUT2D eigenvalue weighted by molar-refractivity contribution is -0.119. The highest BCUT2D eigenvalue weighted by atomic mass is 16.5. The topological polar surface area (TPSA) is 111 Å². The Morgan fingerprint density at radius 3 is 2.54 bits per heavy atom. The van der Waals surface area contributed by atoms with Gasteiger partial charge in [-0.2, -0.15) is 5.26 Å². The number of nitrogens with one attached hydrogen (secondary N) is 2. The smallest absolute Gasteiger partial charge is 0.340 e. The first-order chi connectivity index (χ1) is 12.6. The van der Waals surface area contributed by atoms with Gasteiger partial charge in [0.15, 0.2) is 6.61 Å². The number of carbonyl (C=O) groups excluding carboxylic acids is 2. The monoisotopic (exact) mass is 353 g/mol. The number of anilines is 2. The van der Waals surface area contributed by atoms with Gasteiger partial charge in [0.05, 0.1) is 24.7 Å². The van der Waals surface area contributed by atoms with Crippen LogP contribution < -0.4 is 10.6 Å². The normalized spacial score (nSPS) is 9.85. The van der Waals surface area contributed by atoms with E-state index < -0.39 is 18.5 Å². The molecule has 0 spiro atoms. The van der Waals surface area contributed by atoms with Crippen molar-refractivity contribution in [3.8, 4) is 6.07 Å². The van der Waals surface area contributed by atoms with Crippen molar-refractivity contribution in [3.63, 3.8) is 0 Å². The molecule has 2 rings (SSSR count). The van der Waals surface area contributed by atoms with Crippen LogP contribution in [0, 0.1) is 11.3 Å². The summed E-state index contributed by atoms with van der Waals surface area (Å²) in [7, 11) is 0. The van der Waals surface area contributed by atoms with Crippen molar-refractivity contribution in [2.45, 2.75) is 6.42 Å². The van der Waals surface area contributed by atoms with E-state index in [1.54, 1.807) is 48.5 Å². The Labute approximate surface area is 151 Å². The molecule has 7 nitrogen and oxygen atoms in total. The molecule has 0 aliphatic heterocycles. The standard InChI is InChI=1S/C19H19N3O4/c20-10-9-14-5-7-15(8-6-14)22-18(24)13-26-19(25)16-3-1-2-4-17(16)21-11-12-23/h1-8,21,23H,9,11-13H2,(H,22,24). The molecule has 2 aromatic carbocycles. The third kappa shape index (κ3) is 5.61. The van der Waals surface area contributed by atoms with Crippen LogP contribution in [0.2, 0.25) is 0 Å². The van der Waals surface area contributed by atoms with Gasteiger partial charge in [-0.05, 0) is 29.8 Å². The van der Waals surface area contributed by atoms with Gasteiger partial charge in [-0.1, -0.05) is 24.3 Å². The van der Waals surface area contributed by atoms with Gasteiger partial charge in [0, 0.05) is 17.9 Å². The number of ether oxygens (including phenoxy) is 1. The minimum atomic E-state index is -0.634. The molecule has 1 amide bonds. The minimum absolute atomic E-state index is 0.0705. The van der Waals surface area contributed by atoms with Gasteiger partial charge >= 0.3 is 5.97 Å². The van der Waals surface area contributed by atoms with Gasteiger partial charge in [-0.15, -0.1) is 0 Å². The van der Waals surface area contributed by atoms with E-state index in [0.717, 1.165) is 5.56 Å². The highest BCUT2D eigenvalue weighted by Crippen LogP contribution is 2.16. The summed E-state index contributed by atoms with van der Waals surface area (Å²) < 4.78 is 5.05. The summed E-state index contributed by atoms with van der Waals surface area (Å²) in [4.78, 5) is 24.1. The van der Waals surface area contributed by atoms with Crippen LogP contribution in [0.25, 0.3) is 0 Å². The van der Waals surface area contributed by atoms with Crippen LogP contribution in [-0.4, -0.2) is 36.7 Å². The molecule has 0 aliphatic rings. The highest BCUT2D eigenvalue weighted by Gasteiger charge is 2.14. The first-order valence-corrected chi connectivity index (χ1v) is 8.00. The van der Waals surface area contributed by atoms with Crippen LogP contribution in [0.3, 0.4) is 0 Å². The summed E-state index contributed by atoms with van der Waals surface area (Å²) in [5.74, 6) is -1.10. The molecule has 134 valence electrons. The van der Waals surface area contributed by atoms with Gasteiger partial charge in [0.2, 0.25) is 0 Å². The first-order valence-electron chi connectivity index (χ1n) is 8.00. The number of aliphatic hydroxyl groups excluding tert-OH is 1. The van der Waals surface area contributed by atoms with E-state index in [1.165, 1.54) is 0 Å². The van der Waals surface area contributed by atoms with Crippen molar-refractivity contribution in [2.24, 2.45) is 0 Å². The van der Waals surface area contributed by atoms with Gasteiger partial charge in [0.1, 0.15) is 0 Å². The van der Waals surface area contributed by atoms with Crippen LogP contribution in [0.4, 0.5) is 11.4 Å². The number of para-hydroxylation sites is 1. The molecule has 0 saturated carbocycles. The van der Waals surface area contributed by atoms with Crippen LogP contribution in [0.1, 0.15) is 15.9 Å². The summed E-state index contributed by atoms with van der Waals surface area (Å²) >= 11 is 0. The zero-order valence-electron chi connectivity index (χ0n) is 14.1. The largest absolute Gasteiger partial charge is 0.452 e. The summed E-state index contributed by atoms with van der Waals surface area (Å²) in [5, 5.41) is 23.0. The molecule has 0 atom stereocenters. The quantitative estimate of drug-likeness (QED) is 0.626. The van der Waals surface area contributed by atoms with Crippen molar-refractivity contribution in [2.75, 3.05) is 30.4 Å². The molecule has 0 fully saturated rings. The molecule has 0 aromatic heterocycles. The fourth-order valence-electron chi connectivity index (χ4n) is 2.21. The Hall–Kier alpha value is -3.37. The molecule has 0 unspecified atom stereocenters. The minimum Gasteiger partial charge on any atom is -0.452 e. The fraction of sp³-hybridized carbons (Fsp3) is 0.211. The van der Waals surface area contributed by atoms with Gasteiger partial charge < -0.3 is 20.5 Å². The second kappa shape index (κ2) is 9.81. The molecule has 26 heavy (non-hydrogen) atoms. The number of amides is 1. The molecule has 0 aliphatic carbocycles. The molecular weight excluding hydrogens is 334 g/mol. The van der Waals surface area contributed by atoms with Crippen LogP contribution in [-0.2, 0) is 16.0 Å². The van der Waals surface area contributed by atoms with E-state index in [4.69, 9.17) is 15.1 Å². The zero-order chi connectivity index (χ0) is 18.8. The summed E-state index contributed by atoms with van der Waals surface area (Å²) in [6.07, 6.45) is 0.301. The number of hydrogen-bond acceptors (Lipinski definition) is 6. The third-order valence-corrected chi connectivity index (χ3v) is 3.43. The summed E-state index contributed by atoms with van der Waals surface area (Å²) in [6.45, 7) is -0.196. The van der Waals surface area contributed by atoms with Gasteiger partial charge in [-0.3, -0.25) is 4.79 Å². The van der Waals surface area contributed by atoms with Crippen molar-refractivity contribution < 1.29 is 19.4 Å². The first kappa shape index (κ1) is 19.0. The number of benzene rings is 2. The Balaban J connectivity index is 1.89. The maximum Gasteiger partial charge on any atom is 0.340 e. The van der Waals surface area contributed by atoms with Crippen LogP contribution in [0.5, 0.6) is 0 Å². The average molecular weight is 353 g/mol. The lowest BCUT2D eigenvalue weighted by Crippen LogP contribution is -2.21. The molecule has 3 N–H and O–H groups in total. The zero-order valence-corrected chi connectivity index (χ0v) is 14.1. The van der Waals surface area contributed by atoms with E-state index in [1.807, 2.05) is 6.07 Å². The van der Waals surface area contributed by atoms with Crippen molar-refractivity contribution >= 4 is 23.3 Å². The number of carbonyl (C=O) groups is 2. The van der Waals surface area contributed by atoms with E-state index in [2.05, 4.69) is 10.6 Å². The van der Waals surface area contributed by atoms with Gasteiger partial charge in [-0.25, -0.2) is 4.79 Å². The fourth-order valence-corrected chi connectivity index (χ4v) is 2.21. The summed E-state index contributed by atoms with van der Waals surface area (Å²) in [5.41, 5.74) is 2.22. The Morgan fingerprint density at radius 2 is 1.85 bits per heavy atom. The second-order valence-corrected chi connectivity index (χ2v) is 5.35. The Kier molecular flexibility index (Phi) is 7.16. The predicted molar refractivity (Wildman–Crippen MR) is 96.7 cm³/mol. The molecule has 0 bridgehead atoms. The van der Waals surface area contributed by atoms with Crippen molar-refractivity contribution in [1.29, 1.82) is 5.26 Å². The molecule has 7 heteroatoms. The van der Waals surface area contributed by atoms with Crippen molar-refractivity contribution in [1.82, 2.24) is 0 Å². The third-order valence-electron chi connectivity index (χ3n) is 3.43. The lowest BCUT2D eigenvalue weighted by Gasteiger charge is -2.11. The molecule has 0 radical (unpaired) electrons. The molecule has 0 saturated heterocycles. The number of nitriles is 1. The number of nitrogens with zero attached hydrogens (tertiary/aromatic N) is 1. The molecule has 0 heterocycles. The maximum atomic E-state index is 12.2. The number of aliphatic hydroxyl groups is 1. The van der Waals surface area contributed by atoms with Crippen LogP contribution >= 0.6 is 0 Å². The van der Waals surface area contributed by atoms with Gasteiger partial charge in [0.25, 0.3) is 5.91 Å². The Morgan fingerprint density at radius 1 is 1.12 bits per heavy atom. The predicted octanol–water partition coefficient (Wildman–Crippen LogP) is 1.95. The SMILES string of the molecule is N#CCc1ccc(NC(=O)COC(=O)c2ccccc2NCCO)cc1. The van der Waals surface area contributed by atoms with E-state index in [0.29, 0.717) is 24.3 Å². The van der Waals surface area contributed by atoms with E-state index in [-0.39, 0.29) is 12.2 Å². The lowest BCUT2D eigenvalue weighted by atomic mass is 10.1. The van der Waals surface area contributed by atoms with Crippen LogP contribution in [0.15, 0.2) is 48.5 Å².